The first kappa shape index (κ1) is 31.4. The maximum absolute atomic E-state index is 13.6. The summed E-state index contributed by atoms with van der Waals surface area (Å²) in [7, 11) is 0. The van der Waals surface area contributed by atoms with E-state index in [9.17, 15) is 70.7 Å². The molecule has 0 aliphatic rings. The van der Waals surface area contributed by atoms with E-state index in [0.29, 0.717) is 0 Å². The summed E-state index contributed by atoms with van der Waals surface area (Å²) < 4.78 is 201. The molecular formula is C16H17F15O2. The lowest BCUT2D eigenvalue weighted by Gasteiger charge is -2.40. The molecule has 17 heteroatoms. The fourth-order valence-corrected chi connectivity index (χ4v) is 1.92. The average molecular weight is 526 g/mol. The van der Waals surface area contributed by atoms with Gasteiger partial charge < -0.3 is 4.74 Å². The Balaban J connectivity index is 5.90. The molecule has 0 atom stereocenters. The zero-order valence-corrected chi connectivity index (χ0v) is 16.8. The summed E-state index contributed by atoms with van der Waals surface area (Å²) in [5.74, 6) is -44.7. The number of alkyl halides is 15. The van der Waals surface area contributed by atoms with Crippen molar-refractivity contribution < 1.29 is 75.4 Å². The van der Waals surface area contributed by atoms with Crippen LogP contribution < -0.4 is 0 Å². The summed E-state index contributed by atoms with van der Waals surface area (Å²) in [5.41, 5.74) is -1.37. The number of halogens is 15. The lowest BCUT2D eigenvalue weighted by atomic mass is 9.90. The molecule has 198 valence electrons. The van der Waals surface area contributed by atoms with E-state index in [2.05, 4.69) is 4.74 Å². The largest absolute Gasteiger partial charge is 0.465 e. The minimum atomic E-state index is -7.83. The predicted molar refractivity (Wildman–Crippen MR) is 80.0 cm³/mol. The van der Waals surface area contributed by atoms with Gasteiger partial charge in [0.2, 0.25) is 0 Å². The third-order valence-electron chi connectivity index (χ3n) is 4.65. The van der Waals surface area contributed by atoms with Crippen molar-refractivity contribution in [3.63, 3.8) is 0 Å². The first-order chi connectivity index (χ1) is 14.1. The number of rotatable bonds is 11. The van der Waals surface area contributed by atoms with Crippen LogP contribution in [-0.4, -0.2) is 54.3 Å². The molecule has 0 aromatic heterocycles. The molecule has 0 saturated carbocycles. The summed E-state index contributed by atoms with van der Waals surface area (Å²) >= 11 is 0. The number of carbonyl (C=O) groups is 1. The standard InChI is InChI=1S/C16H17F15O2/c1-4-9(2,3)8(32)33-6-5-10(17,18)13(23,24)15(27,28)14(25,26)11(19,20)7-12(21,22)16(29,30)31/h4-7H2,1-3H3. The van der Waals surface area contributed by atoms with E-state index in [-0.39, 0.29) is 6.42 Å². The second-order valence-electron chi connectivity index (χ2n) is 7.63. The van der Waals surface area contributed by atoms with Gasteiger partial charge in [-0.05, 0) is 20.3 Å². The van der Waals surface area contributed by atoms with Crippen LogP contribution in [0.4, 0.5) is 65.9 Å². The molecule has 0 aromatic carbocycles. The van der Waals surface area contributed by atoms with Crippen molar-refractivity contribution in [1.29, 1.82) is 0 Å². The van der Waals surface area contributed by atoms with Gasteiger partial charge in [-0.3, -0.25) is 4.79 Å². The summed E-state index contributed by atoms with van der Waals surface area (Å²) in [6.07, 6.45) is -14.0. The molecule has 0 aromatic rings. The van der Waals surface area contributed by atoms with Gasteiger partial charge >= 0.3 is 47.7 Å². The van der Waals surface area contributed by atoms with Crippen LogP contribution in [0.3, 0.4) is 0 Å². The second kappa shape index (κ2) is 8.89. The van der Waals surface area contributed by atoms with Crippen LogP contribution in [0, 0.1) is 5.41 Å². The van der Waals surface area contributed by atoms with Gasteiger partial charge in [0.1, 0.15) is 0 Å². The maximum atomic E-state index is 13.6. The van der Waals surface area contributed by atoms with E-state index in [1.54, 1.807) is 0 Å². The van der Waals surface area contributed by atoms with Crippen molar-refractivity contribution in [2.24, 2.45) is 5.41 Å². The van der Waals surface area contributed by atoms with Gasteiger partial charge in [-0.2, -0.15) is 65.9 Å². The second-order valence-corrected chi connectivity index (χ2v) is 7.63. The predicted octanol–water partition coefficient (Wildman–Crippen LogP) is 7.12. The van der Waals surface area contributed by atoms with Crippen molar-refractivity contribution >= 4 is 5.97 Å². The number of esters is 1. The first-order valence-corrected chi connectivity index (χ1v) is 8.65. The Morgan fingerprint density at radius 3 is 1.39 bits per heavy atom. The van der Waals surface area contributed by atoms with Crippen LogP contribution in [0.1, 0.15) is 40.0 Å². The van der Waals surface area contributed by atoms with Crippen LogP contribution in [0.25, 0.3) is 0 Å². The van der Waals surface area contributed by atoms with Gasteiger partial charge in [-0.25, -0.2) is 0 Å². The molecule has 0 rings (SSSR count). The molecule has 0 bridgehead atoms. The Hall–Kier alpha value is -1.58. The number of ether oxygens (including phenoxy) is 1. The van der Waals surface area contributed by atoms with Crippen molar-refractivity contribution in [3.05, 3.63) is 0 Å². The minimum Gasteiger partial charge on any atom is -0.465 e. The van der Waals surface area contributed by atoms with E-state index < -0.39 is 72.5 Å². The van der Waals surface area contributed by atoms with Gasteiger partial charge in [0.05, 0.1) is 24.9 Å². The van der Waals surface area contributed by atoms with E-state index in [1.165, 1.54) is 20.8 Å². The number of hydrogen-bond donors (Lipinski definition) is 0. The molecule has 0 radical (unpaired) electrons. The van der Waals surface area contributed by atoms with Gasteiger partial charge in [0.25, 0.3) is 0 Å². The molecule has 0 heterocycles. The molecule has 0 fully saturated rings. The van der Waals surface area contributed by atoms with E-state index in [0.717, 1.165) is 0 Å². The Bertz CT molecular complexity index is 695. The number of carbonyl (C=O) groups excluding carboxylic acids is 1. The van der Waals surface area contributed by atoms with Crippen LogP contribution in [0.15, 0.2) is 0 Å². The van der Waals surface area contributed by atoms with E-state index in [1.807, 2.05) is 0 Å². The van der Waals surface area contributed by atoms with E-state index in [4.69, 9.17) is 0 Å². The van der Waals surface area contributed by atoms with Gasteiger partial charge in [-0.1, -0.05) is 6.92 Å². The molecule has 2 nitrogen and oxygen atoms in total. The quantitative estimate of drug-likeness (QED) is 0.212. The molecule has 0 spiro atoms. The van der Waals surface area contributed by atoms with Crippen molar-refractivity contribution in [2.45, 2.75) is 81.7 Å². The highest BCUT2D eigenvalue weighted by Crippen LogP contribution is 2.60. The Morgan fingerprint density at radius 1 is 0.636 bits per heavy atom. The highest BCUT2D eigenvalue weighted by Gasteiger charge is 2.87. The summed E-state index contributed by atoms with van der Waals surface area (Å²) in [4.78, 5) is 11.5. The zero-order valence-electron chi connectivity index (χ0n) is 16.8. The van der Waals surface area contributed by atoms with Crippen molar-refractivity contribution in [3.8, 4) is 0 Å². The maximum Gasteiger partial charge on any atom is 0.453 e. The van der Waals surface area contributed by atoms with Gasteiger partial charge in [0.15, 0.2) is 0 Å². The zero-order chi connectivity index (χ0) is 27.1. The van der Waals surface area contributed by atoms with Crippen LogP contribution in [0.5, 0.6) is 0 Å². The van der Waals surface area contributed by atoms with Crippen molar-refractivity contribution in [2.75, 3.05) is 6.61 Å². The van der Waals surface area contributed by atoms with Crippen molar-refractivity contribution in [1.82, 2.24) is 0 Å². The smallest absolute Gasteiger partial charge is 0.453 e. The molecule has 0 unspecified atom stereocenters. The molecular weight excluding hydrogens is 509 g/mol. The average Bonchev–Trinajstić information content (AvgIpc) is 2.58. The minimum absolute atomic E-state index is 0.0142. The lowest BCUT2D eigenvalue weighted by molar-refractivity contribution is -0.412. The van der Waals surface area contributed by atoms with Gasteiger partial charge in [-0.15, -0.1) is 0 Å². The summed E-state index contributed by atoms with van der Waals surface area (Å²) in [6.45, 7) is 2.00. The number of hydrogen-bond acceptors (Lipinski definition) is 2. The SMILES string of the molecule is CCC(C)(C)C(=O)OCCC(F)(F)C(F)(F)C(F)(F)C(F)(F)C(F)(F)CC(F)(F)C(F)(F)F. The molecule has 0 aliphatic heterocycles. The topological polar surface area (TPSA) is 26.3 Å². The lowest BCUT2D eigenvalue weighted by Crippen LogP contribution is -2.68. The highest BCUT2D eigenvalue weighted by molar-refractivity contribution is 5.75. The molecule has 0 amide bonds. The fourth-order valence-electron chi connectivity index (χ4n) is 1.92. The van der Waals surface area contributed by atoms with Gasteiger partial charge in [0, 0.05) is 0 Å². The third-order valence-corrected chi connectivity index (χ3v) is 4.65. The normalized spacial score (nSPS) is 15.6. The summed E-state index contributed by atoms with van der Waals surface area (Å²) in [6, 6.07) is 0. The third kappa shape index (κ3) is 5.74. The van der Waals surface area contributed by atoms with Crippen LogP contribution in [0.2, 0.25) is 0 Å². The Kier molecular flexibility index (Phi) is 8.46. The molecule has 33 heavy (non-hydrogen) atoms. The molecule has 0 aliphatic carbocycles. The van der Waals surface area contributed by atoms with Crippen LogP contribution in [-0.2, 0) is 9.53 Å². The Labute approximate surface area is 176 Å². The first-order valence-electron chi connectivity index (χ1n) is 8.65. The fraction of sp³-hybridized carbons (Fsp3) is 0.938. The summed E-state index contributed by atoms with van der Waals surface area (Å²) in [5, 5.41) is 0. The molecule has 0 saturated heterocycles. The Morgan fingerprint density at radius 2 is 1.03 bits per heavy atom. The molecule has 0 N–H and O–H groups in total. The van der Waals surface area contributed by atoms with Crippen LogP contribution >= 0.6 is 0 Å². The van der Waals surface area contributed by atoms with E-state index >= 15 is 0 Å². The monoisotopic (exact) mass is 526 g/mol. The highest BCUT2D eigenvalue weighted by atomic mass is 19.4.